The van der Waals surface area contributed by atoms with Gasteiger partial charge < -0.3 is 20.8 Å². The summed E-state index contributed by atoms with van der Waals surface area (Å²) in [5, 5.41) is 24.1. The molecule has 4 N–H and O–H groups in total. The minimum absolute atomic E-state index is 0.0364. The number of amides is 2. The van der Waals surface area contributed by atoms with Crippen LogP contribution in [0.2, 0.25) is 0 Å². The zero-order valence-corrected chi connectivity index (χ0v) is 10.9. The summed E-state index contributed by atoms with van der Waals surface area (Å²) in [6.45, 7) is 0.671. The maximum Gasteiger partial charge on any atom is 0.319 e. The Morgan fingerprint density at radius 2 is 1.95 bits per heavy atom. The lowest BCUT2D eigenvalue weighted by Crippen LogP contribution is -2.33. The highest BCUT2D eigenvalue weighted by molar-refractivity contribution is 5.90. The third-order valence-corrected chi connectivity index (χ3v) is 3.51. The molecule has 1 saturated carbocycles. The lowest BCUT2D eigenvalue weighted by atomic mass is 9.89. The Kier molecular flexibility index (Phi) is 4.49. The summed E-state index contributed by atoms with van der Waals surface area (Å²) in [5.41, 5.74) is 0.291. The molecule has 104 valence electrons. The summed E-state index contributed by atoms with van der Waals surface area (Å²) < 4.78 is 0. The Morgan fingerprint density at radius 3 is 2.63 bits per heavy atom. The van der Waals surface area contributed by atoms with E-state index in [4.69, 9.17) is 5.11 Å². The molecule has 1 aromatic rings. The molecule has 0 atom stereocenters. The van der Waals surface area contributed by atoms with Crippen LogP contribution in [0.4, 0.5) is 10.5 Å². The van der Waals surface area contributed by atoms with E-state index in [1.54, 1.807) is 0 Å². The number of phenolic OH excluding ortho intramolecular Hbond substituents is 2. The molecule has 0 unspecified atom stereocenters. The van der Waals surface area contributed by atoms with Gasteiger partial charge >= 0.3 is 6.03 Å². The minimum atomic E-state index is -0.327. The van der Waals surface area contributed by atoms with E-state index in [-0.39, 0.29) is 17.5 Å². The van der Waals surface area contributed by atoms with Crippen LogP contribution in [0.3, 0.4) is 0 Å². The van der Waals surface area contributed by atoms with Gasteiger partial charge in [-0.3, -0.25) is 0 Å². The fourth-order valence-electron chi connectivity index (χ4n) is 2.42. The second kappa shape index (κ2) is 6.31. The SMILES string of the molecule is O=C(NCC1CCCCC1)Nc1ccc(O)cc1O. The maximum atomic E-state index is 11.7. The molecule has 0 aromatic heterocycles. The molecule has 0 aliphatic heterocycles. The number of aromatic hydroxyl groups is 2. The lowest BCUT2D eigenvalue weighted by molar-refractivity contribution is 0.247. The second-order valence-corrected chi connectivity index (χ2v) is 5.04. The van der Waals surface area contributed by atoms with Crippen LogP contribution in [0.1, 0.15) is 32.1 Å². The van der Waals surface area contributed by atoms with Crippen LogP contribution in [-0.2, 0) is 0 Å². The average Bonchev–Trinajstić information content (AvgIpc) is 2.41. The predicted molar refractivity (Wildman–Crippen MR) is 73.4 cm³/mol. The fraction of sp³-hybridized carbons (Fsp3) is 0.500. The highest BCUT2D eigenvalue weighted by Crippen LogP contribution is 2.27. The number of nitrogens with one attached hydrogen (secondary N) is 2. The van der Waals surface area contributed by atoms with E-state index in [2.05, 4.69) is 10.6 Å². The van der Waals surface area contributed by atoms with Crippen molar-refractivity contribution in [3.05, 3.63) is 18.2 Å². The third-order valence-electron chi connectivity index (χ3n) is 3.51. The van der Waals surface area contributed by atoms with Gasteiger partial charge in [-0.05, 0) is 30.9 Å². The maximum absolute atomic E-state index is 11.7. The molecule has 1 fully saturated rings. The lowest BCUT2D eigenvalue weighted by Gasteiger charge is -2.21. The van der Waals surface area contributed by atoms with Crippen LogP contribution >= 0.6 is 0 Å². The van der Waals surface area contributed by atoms with Crippen LogP contribution in [0.15, 0.2) is 18.2 Å². The van der Waals surface area contributed by atoms with Crippen LogP contribution in [0.5, 0.6) is 11.5 Å². The van der Waals surface area contributed by atoms with Gasteiger partial charge in [0.05, 0.1) is 5.69 Å². The summed E-state index contributed by atoms with van der Waals surface area (Å²) in [4.78, 5) is 11.7. The number of phenols is 2. The van der Waals surface area contributed by atoms with E-state index >= 15 is 0 Å². The normalized spacial score (nSPS) is 16.0. The largest absolute Gasteiger partial charge is 0.508 e. The van der Waals surface area contributed by atoms with E-state index in [0.29, 0.717) is 18.2 Å². The number of benzene rings is 1. The van der Waals surface area contributed by atoms with Crippen LogP contribution in [0.25, 0.3) is 0 Å². The molecule has 5 nitrogen and oxygen atoms in total. The molecule has 1 aliphatic rings. The first kappa shape index (κ1) is 13.5. The Bertz CT molecular complexity index is 442. The number of anilines is 1. The average molecular weight is 264 g/mol. The third kappa shape index (κ3) is 4.05. The molecule has 0 radical (unpaired) electrons. The summed E-state index contributed by atoms with van der Waals surface area (Å²) in [6, 6.07) is 3.74. The molecule has 1 aromatic carbocycles. The summed E-state index contributed by atoms with van der Waals surface area (Å²) in [7, 11) is 0. The van der Waals surface area contributed by atoms with Crippen molar-refractivity contribution in [1.29, 1.82) is 0 Å². The summed E-state index contributed by atoms with van der Waals surface area (Å²) in [6.07, 6.45) is 6.12. The van der Waals surface area contributed by atoms with Crippen molar-refractivity contribution in [3.63, 3.8) is 0 Å². The molecule has 0 bridgehead atoms. The van der Waals surface area contributed by atoms with Crippen molar-refractivity contribution in [3.8, 4) is 11.5 Å². The first-order valence-electron chi connectivity index (χ1n) is 6.72. The smallest absolute Gasteiger partial charge is 0.319 e. The topological polar surface area (TPSA) is 81.6 Å². The molecule has 19 heavy (non-hydrogen) atoms. The molecule has 2 rings (SSSR count). The van der Waals surface area contributed by atoms with Gasteiger partial charge in [0.2, 0.25) is 0 Å². The second-order valence-electron chi connectivity index (χ2n) is 5.04. The molecule has 0 spiro atoms. The van der Waals surface area contributed by atoms with Gasteiger partial charge in [0.1, 0.15) is 11.5 Å². The Labute approximate surface area is 112 Å². The molecule has 0 heterocycles. The highest BCUT2D eigenvalue weighted by atomic mass is 16.3. The predicted octanol–water partition coefficient (Wildman–Crippen LogP) is 2.80. The van der Waals surface area contributed by atoms with E-state index in [9.17, 15) is 9.90 Å². The van der Waals surface area contributed by atoms with Gasteiger partial charge in [-0.25, -0.2) is 4.79 Å². The minimum Gasteiger partial charge on any atom is -0.508 e. The molecule has 2 amide bonds. The summed E-state index contributed by atoms with van der Waals surface area (Å²) >= 11 is 0. The Morgan fingerprint density at radius 1 is 1.21 bits per heavy atom. The van der Waals surface area contributed by atoms with E-state index in [1.807, 2.05) is 0 Å². The number of carbonyl (C=O) groups excluding carboxylic acids is 1. The van der Waals surface area contributed by atoms with E-state index < -0.39 is 0 Å². The fourth-order valence-corrected chi connectivity index (χ4v) is 2.42. The van der Waals surface area contributed by atoms with Crippen molar-refractivity contribution in [2.75, 3.05) is 11.9 Å². The van der Waals surface area contributed by atoms with Gasteiger partial charge in [-0.1, -0.05) is 19.3 Å². The van der Waals surface area contributed by atoms with Crippen LogP contribution < -0.4 is 10.6 Å². The van der Waals surface area contributed by atoms with Crippen LogP contribution in [-0.4, -0.2) is 22.8 Å². The summed E-state index contributed by atoms with van der Waals surface area (Å²) in [5.74, 6) is 0.381. The first-order chi connectivity index (χ1) is 9.15. The van der Waals surface area contributed by atoms with Crippen molar-refractivity contribution in [2.45, 2.75) is 32.1 Å². The zero-order chi connectivity index (χ0) is 13.7. The van der Waals surface area contributed by atoms with E-state index in [0.717, 1.165) is 0 Å². The standard InChI is InChI=1S/C14H20N2O3/c17-11-6-7-12(13(18)8-11)16-14(19)15-9-10-4-2-1-3-5-10/h6-8,10,17-18H,1-5,9H2,(H2,15,16,19). The van der Waals surface area contributed by atoms with Gasteiger partial charge in [-0.15, -0.1) is 0 Å². The Balaban J connectivity index is 1.80. The number of carbonyl (C=O) groups is 1. The number of rotatable bonds is 3. The van der Waals surface area contributed by atoms with Crippen LogP contribution in [0, 0.1) is 5.92 Å². The molecule has 0 saturated heterocycles. The first-order valence-corrected chi connectivity index (χ1v) is 6.72. The molecular formula is C14H20N2O3. The zero-order valence-electron chi connectivity index (χ0n) is 10.9. The molecular weight excluding hydrogens is 244 g/mol. The number of hydrogen-bond donors (Lipinski definition) is 4. The number of urea groups is 1. The van der Waals surface area contributed by atoms with Crippen molar-refractivity contribution in [2.24, 2.45) is 5.92 Å². The monoisotopic (exact) mass is 264 g/mol. The van der Waals surface area contributed by atoms with Crippen molar-refractivity contribution in [1.82, 2.24) is 5.32 Å². The quantitative estimate of drug-likeness (QED) is 0.500. The number of hydrogen-bond acceptors (Lipinski definition) is 3. The van der Waals surface area contributed by atoms with Gasteiger partial charge in [-0.2, -0.15) is 0 Å². The Hall–Kier alpha value is -1.91. The highest BCUT2D eigenvalue weighted by Gasteiger charge is 2.14. The van der Waals surface area contributed by atoms with Gasteiger partial charge in [0.15, 0.2) is 0 Å². The van der Waals surface area contributed by atoms with E-state index in [1.165, 1.54) is 50.3 Å². The van der Waals surface area contributed by atoms with Crippen molar-refractivity contribution < 1.29 is 15.0 Å². The molecule has 5 heteroatoms. The molecule has 1 aliphatic carbocycles. The van der Waals surface area contributed by atoms with Crippen molar-refractivity contribution >= 4 is 11.7 Å². The van der Waals surface area contributed by atoms with Gasteiger partial charge in [0, 0.05) is 12.6 Å². The van der Waals surface area contributed by atoms with Gasteiger partial charge in [0.25, 0.3) is 0 Å².